The molecule has 0 aliphatic rings. The standard InChI is InChI=1S/C13H17BrFN/c1-9(2)11(8-16-3)6-10-4-5-12(14)7-13(10)15/h4-7,9,16H,8H2,1-3H3. The molecule has 1 N–H and O–H groups in total. The molecular formula is C13H17BrFN. The normalized spacial score (nSPS) is 12.2. The summed E-state index contributed by atoms with van der Waals surface area (Å²) < 4.78 is 14.4. The van der Waals surface area contributed by atoms with Crippen molar-refractivity contribution in [1.29, 1.82) is 0 Å². The molecule has 1 nitrogen and oxygen atoms in total. The molecule has 0 fully saturated rings. The minimum Gasteiger partial charge on any atom is -0.316 e. The summed E-state index contributed by atoms with van der Waals surface area (Å²) in [6, 6.07) is 5.13. The molecule has 16 heavy (non-hydrogen) atoms. The summed E-state index contributed by atoms with van der Waals surface area (Å²) in [5, 5.41) is 3.10. The highest BCUT2D eigenvalue weighted by Crippen LogP contribution is 2.20. The van der Waals surface area contributed by atoms with Crippen molar-refractivity contribution in [3.63, 3.8) is 0 Å². The van der Waals surface area contributed by atoms with Crippen molar-refractivity contribution >= 4 is 22.0 Å². The van der Waals surface area contributed by atoms with Crippen LogP contribution in [0.3, 0.4) is 0 Å². The van der Waals surface area contributed by atoms with Crippen LogP contribution in [0.5, 0.6) is 0 Å². The van der Waals surface area contributed by atoms with Gasteiger partial charge in [0, 0.05) is 16.6 Å². The largest absolute Gasteiger partial charge is 0.316 e. The number of hydrogen-bond donors (Lipinski definition) is 1. The lowest BCUT2D eigenvalue weighted by atomic mass is 10.00. The first-order valence-corrected chi connectivity index (χ1v) is 6.14. The quantitative estimate of drug-likeness (QED) is 0.886. The summed E-state index contributed by atoms with van der Waals surface area (Å²) in [7, 11) is 1.90. The highest BCUT2D eigenvalue weighted by molar-refractivity contribution is 9.10. The fourth-order valence-electron chi connectivity index (χ4n) is 1.44. The second-order valence-electron chi connectivity index (χ2n) is 4.07. The Balaban J connectivity index is 3.02. The van der Waals surface area contributed by atoms with Gasteiger partial charge in [0.1, 0.15) is 5.82 Å². The number of hydrogen-bond acceptors (Lipinski definition) is 1. The predicted molar refractivity (Wildman–Crippen MR) is 70.8 cm³/mol. The van der Waals surface area contributed by atoms with E-state index >= 15 is 0 Å². The van der Waals surface area contributed by atoms with E-state index in [4.69, 9.17) is 0 Å². The Bertz CT molecular complexity index is 386. The number of benzene rings is 1. The van der Waals surface area contributed by atoms with Gasteiger partial charge in [0.25, 0.3) is 0 Å². The van der Waals surface area contributed by atoms with E-state index < -0.39 is 0 Å². The average Bonchev–Trinajstić information content (AvgIpc) is 2.20. The SMILES string of the molecule is CNCC(=Cc1ccc(Br)cc1F)C(C)C. The van der Waals surface area contributed by atoms with Crippen molar-refractivity contribution in [2.24, 2.45) is 5.92 Å². The molecule has 88 valence electrons. The lowest BCUT2D eigenvalue weighted by Gasteiger charge is -2.11. The van der Waals surface area contributed by atoms with E-state index in [-0.39, 0.29) is 5.82 Å². The van der Waals surface area contributed by atoms with E-state index in [1.807, 2.05) is 19.2 Å². The van der Waals surface area contributed by atoms with Crippen LogP contribution < -0.4 is 5.32 Å². The number of halogens is 2. The molecule has 0 aliphatic carbocycles. The maximum absolute atomic E-state index is 13.6. The van der Waals surface area contributed by atoms with Gasteiger partial charge in [0.2, 0.25) is 0 Å². The Labute approximate surface area is 105 Å². The Kier molecular flexibility index (Phi) is 5.16. The lowest BCUT2D eigenvalue weighted by Crippen LogP contribution is -2.13. The predicted octanol–water partition coefficient (Wildman–Crippen LogP) is 3.85. The summed E-state index contributed by atoms with van der Waals surface area (Å²) in [4.78, 5) is 0. The highest BCUT2D eigenvalue weighted by atomic mass is 79.9. The Morgan fingerprint density at radius 2 is 2.19 bits per heavy atom. The van der Waals surface area contributed by atoms with Crippen LogP contribution in [0.15, 0.2) is 28.2 Å². The second kappa shape index (κ2) is 6.16. The molecule has 0 atom stereocenters. The third-order valence-electron chi connectivity index (χ3n) is 2.43. The molecule has 0 amide bonds. The molecule has 0 spiro atoms. The van der Waals surface area contributed by atoms with E-state index in [9.17, 15) is 4.39 Å². The topological polar surface area (TPSA) is 12.0 Å². The van der Waals surface area contributed by atoms with E-state index in [1.54, 1.807) is 6.07 Å². The number of likely N-dealkylation sites (N-methyl/N-ethyl adjacent to an activating group) is 1. The van der Waals surface area contributed by atoms with E-state index in [1.165, 1.54) is 11.6 Å². The first kappa shape index (κ1) is 13.4. The maximum atomic E-state index is 13.6. The fourth-order valence-corrected chi connectivity index (χ4v) is 1.78. The first-order valence-electron chi connectivity index (χ1n) is 5.34. The monoisotopic (exact) mass is 285 g/mol. The molecule has 3 heteroatoms. The summed E-state index contributed by atoms with van der Waals surface area (Å²) in [6.45, 7) is 5.01. The second-order valence-corrected chi connectivity index (χ2v) is 4.99. The number of rotatable bonds is 4. The van der Waals surface area contributed by atoms with Crippen molar-refractivity contribution in [2.45, 2.75) is 13.8 Å². The number of nitrogens with one attached hydrogen (secondary N) is 1. The van der Waals surface area contributed by atoms with Gasteiger partial charge in [-0.1, -0.05) is 47.5 Å². The molecule has 0 saturated carbocycles. The zero-order chi connectivity index (χ0) is 12.1. The van der Waals surface area contributed by atoms with Crippen LogP contribution >= 0.6 is 15.9 Å². The minimum atomic E-state index is -0.191. The van der Waals surface area contributed by atoms with Gasteiger partial charge in [-0.2, -0.15) is 0 Å². The fraction of sp³-hybridized carbons (Fsp3) is 0.385. The summed E-state index contributed by atoms with van der Waals surface area (Å²) >= 11 is 3.25. The van der Waals surface area contributed by atoms with Crippen LogP contribution in [-0.4, -0.2) is 13.6 Å². The summed E-state index contributed by atoms with van der Waals surface area (Å²) in [5.41, 5.74) is 1.84. The van der Waals surface area contributed by atoms with Crippen LogP contribution in [0.25, 0.3) is 6.08 Å². The molecule has 0 aliphatic heterocycles. The Morgan fingerprint density at radius 3 is 2.69 bits per heavy atom. The van der Waals surface area contributed by atoms with E-state index in [0.29, 0.717) is 11.5 Å². The van der Waals surface area contributed by atoms with Crippen molar-refractivity contribution in [3.8, 4) is 0 Å². The molecule has 0 heterocycles. The molecule has 1 aromatic carbocycles. The molecular weight excluding hydrogens is 269 g/mol. The average molecular weight is 286 g/mol. The Hall–Kier alpha value is -0.670. The van der Waals surface area contributed by atoms with Crippen molar-refractivity contribution in [1.82, 2.24) is 5.32 Å². The van der Waals surface area contributed by atoms with Crippen molar-refractivity contribution in [3.05, 3.63) is 39.6 Å². The molecule has 0 radical (unpaired) electrons. The van der Waals surface area contributed by atoms with Crippen LogP contribution in [0.4, 0.5) is 4.39 Å². The third kappa shape index (κ3) is 3.72. The summed E-state index contributed by atoms with van der Waals surface area (Å²) in [6.07, 6.45) is 1.92. The molecule has 0 aromatic heterocycles. The molecule has 0 unspecified atom stereocenters. The van der Waals surface area contributed by atoms with Gasteiger partial charge in [-0.25, -0.2) is 4.39 Å². The van der Waals surface area contributed by atoms with Crippen LogP contribution in [0.1, 0.15) is 19.4 Å². The smallest absolute Gasteiger partial charge is 0.131 e. The van der Waals surface area contributed by atoms with Crippen LogP contribution in [0.2, 0.25) is 0 Å². The van der Waals surface area contributed by atoms with E-state index in [0.717, 1.165) is 11.0 Å². The van der Waals surface area contributed by atoms with E-state index in [2.05, 4.69) is 35.1 Å². The van der Waals surface area contributed by atoms with Crippen molar-refractivity contribution in [2.75, 3.05) is 13.6 Å². The zero-order valence-electron chi connectivity index (χ0n) is 9.85. The molecule has 0 saturated heterocycles. The first-order chi connectivity index (χ1) is 7.54. The lowest BCUT2D eigenvalue weighted by molar-refractivity contribution is 0.623. The molecule has 1 aromatic rings. The van der Waals surface area contributed by atoms with Gasteiger partial charge < -0.3 is 5.32 Å². The minimum absolute atomic E-state index is 0.191. The summed E-state index contributed by atoms with van der Waals surface area (Å²) in [5.74, 6) is 0.221. The highest BCUT2D eigenvalue weighted by Gasteiger charge is 2.05. The van der Waals surface area contributed by atoms with Crippen LogP contribution in [0, 0.1) is 11.7 Å². The molecule has 1 rings (SSSR count). The third-order valence-corrected chi connectivity index (χ3v) is 2.92. The van der Waals surface area contributed by atoms with Gasteiger partial charge in [-0.15, -0.1) is 0 Å². The van der Waals surface area contributed by atoms with Gasteiger partial charge in [0.15, 0.2) is 0 Å². The molecule has 0 bridgehead atoms. The van der Waals surface area contributed by atoms with Gasteiger partial charge >= 0.3 is 0 Å². The van der Waals surface area contributed by atoms with Gasteiger partial charge in [0.05, 0.1) is 0 Å². The maximum Gasteiger partial charge on any atom is 0.131 e. The van der Waals surface area contributed by atoms with Crippen molar-refractivity contribution < 1.29 is 4.39 Å². The van der Waals surface area contributed by atoms with Gasteiger partial charge in [-0.05, 0) is 25.1 Å². The van der Waals surface area contributed by atoms with Crippen LogP contribution in [-0.2, 0) is 0 Å². The van der Waals surface area contributed by atoms with Gasteiger partial charge in [-0.3, -0.25) is 0 Å². The Morgan fingerprint density at radius 1 is 1.50 bits per heavy atom. The zero-order valence-corrected chi connectivity index (χ0v) is 11.4.